The van der Waals surface area contributed by atoms with Crippen LogP contribution >= 0.6 is 11.6 Å². The van der Waals surface area contributed by atoms with Crippen molar-refractivity contribution in [3.8, 4) is 5.82 Å². The lowest BCUT2D eigenvalue weighted by Gasteiger charge is -2.46. The zero-order valence-electron chi connectivity index (χ0n) is 18.2. The summed E-state index contributed by atoms with van der Waals surface area (Å²) in [4.78, 5) is 12.6. The van der Waals surface area contributed by atoms with Crippen molar-refractivity contribution in [2.45, 2.75) is 25.8 Å². The van der Waals surface area contributed by atoms with E-state index in [1.54, 1.807) is 16.9 Å². The van der Waals surface area contributed by atoms with Crippen LogP contribution in [0.4, 0.5) is 20.4 Å². The molecule has 2 aromatic heterocycles. The smallest absolute Gasteiger partial charge is 0.223 e. The predicted molar refractivity (Wildman–Crippen MR) is 125 cm³/mol. The summed E-state index contributed by atoms with van der Waals surface area (Å²) in [6.07, 6.45) is 7.44. The van der Waals surface area contributed by atoms with Crippen molar-refractivity contribution < 1.29 is 8.78 Å². The molecule has 1 fully saturated rings. The summed E-state index contributed by atoms with van der Waals surface area (Å²) in [6.45, 7) is 5.18. The van der Waals surface area contributed by atoms with Gasteiger partial charge in [0.05, 0.1) is 11.9 Å². The molecule has 0 spiro atoms. The lowest BCUT2D eigenvalue weighted by atomic mass is 9.93. The summed E-state index contributed by atoms with van der Waals surface area (Å²) in [5.41, 5.74) is 8.94. The van der Waals surface area contributed by atoms with Crippen molar-refractivity contribution in [3.05, 3.63) is 64.1 Å². The normalized spacial score (nSPS) is 18.5. The minimum absolute atomic E-state index is 0.0967. The molecular formula is C23H24ClF2N7. The van der Waals surface area contributed by atoms with E-state index in [1.807, 2.05) is 13.0 Å². The Bertz CT molecular complexity index is 1210. The molecule has 2 N–H and O–H groups in total. The Labute approximate surface area is 195 Å². The fraction of sp³-hybridized carbons (Fsp3) is 0.348. The molecule has 33 heavy (non-hydrogen) atoms. The molecule has 1 aromatic carbocycles. The SMILES string of the molecule is Cc1c(/C=C/CN2CCN3c4cc(F)cc(F)c4CCC3C2)cnn1-c1cc(Cl)nc(N)n1. The summed E-state index contributed by atoms with van der Waals surface area (Å²) >= 11 is 5.99. The van der Waals surface area contributed by atoms with Gasteiger partial charge in [-0.3, -0.25) is 4.90 Å². The van der Waals surface area contributed by atoms with Gasteiger partial charge in [-0.2, -0.15) is 10.1 Å². The van der Waals surface area contributed by atoms with Crippen molar-refractivity contribution in [2.75, 3.05) is 36.8 Å². The molecule has 0 aliphatic carbocycles. The van der Waals surface area contributed by atoms with Gasteiger partial charge in [0.15, 0.2) is 5.82 Å². The maximum Gasteiger partial charge on any atom is 0.223 e. The molecule has 10 heteroatoms. The number of fused-ring (bicyclic) bond motifs is 3. The number of rotatable bonds is 4. The number of piperazine rings is 1. The number of hydrogen-bond acceptors (Lipinski definition) is 6. The Morgan fingerprint density at radius 2 is 2.06 bits per heavy atom. The number of hydrogen-bond donors (Lipinski definition) is 1. The summed E-state index contributed by atoms with van der Waals surface area (Å²) < 4.78 is 29.6. The summed E-state index contributed by atoms with van der Waals surface area (Å²) in [7, 11) is 0. The predicted octanol–water partition coefficient (Wildman–Crippen LogP) is 3.63. The van der Waals surface area contributed by atoms with E-state index in [0.717, 1.165) is 49.9 Å². The Morgan fingerprint density at radius 3 is 2.88 bits per heavy atom. The highest BCUT2D eigenvalue weighted by Gasteiger charge is 2.32. The first-order valence-corrected chi connectivity index (χ1v) is 11.3. The van der Waals surface area contributed by atoms with Gasteiger partial charge in [0.2, 0.25) is 5.95 Å². The van der Waals surface area contributed by atoms with Crippen molar-refractivity contribution in [1.29, 1.82) is 0 Å². The van der Waals surface area contributed by atoms with Gasteiger partial charge in [0.1, 0.15) is 16.8 Å². The number of nitrogen functional groups attached to an aromatic ring is 1. The average Bonchev–Trinajstić information content (AvgIpc) is 3.13. The van der Waals surface area contributed by atoms with E-state index >= 15 is 0 Å². The fourth-order valence-corrected chi connectivity index (χ4v) is 4.92. The summed E-state index contributed by atoms with van der Waals surface area (Å²) in [6, 6.07) is 4.33. The lowest BCUT2D eigenvalue weighted by molar-refractivity contribution is 0.233. The van der Waals surface area contributed by atoms with Crippen molar-refractivity contribution in [3.63, 3.8) is 0 Å². The van der Waals surface area contributed by atoms with Gasteiger partial charge in [-0.05, 0) is 25.8 Å². The van der Waals surface area contributed by atoms with Crippen LogP contribution in [-0.4, -0.2) is 56.9 Å². The monoisotopic (exact) mass is 471 g/mol. The molecule has 0 saturated carbocycles. The zero-order chi connectivity index (χ0) is 23.1. The third-order valence-corrected chi connectivity index (χ3v) is 6.56. The van der Waals surface area contributed by atoms with Crippen molar-refractivity contribution >= 4 is 29.3 Å². The number of benzene rings is 1. The quantitative estimate of drug-likeness (QED) is 0.585. The van der Waals surface area contributed by atoms with Crippen LogP contribution in [0.1, 0.15) is 23.2 Å². The summed E-state index contributed by atoms with van der Waals surface area (Å²) in [5.74, 6) is -0.331. The molecule has 0 radical (unpaired) electrons. The van der Waals surface area contributed by atoms with Crippen LogP contribution in [0.15, 0.2) is 30.5 Å². The van der Waals surface area contributed by atoms with Crippen LogP contribution in [0.5, 0.6) is 0 Å². The van der Waals surface area contributed by atoms with E-state index in [9.17, 15) is 8.78 Å². The molecule has 0 amide bonds. The fourth-order valence-electron chi connectivity index (χ4n) is 4.73. The van der Waals surface area contributed by atoms with Gasteiger partial charge in [0, 0.05) is 61.2 Å². The molecule has 1 atom stereocenters. The van der Waals surface area contributed by atoms with E-state index in [2.05, 4.69) is 30.9 Å². The Kier molecular flexibility index (Phi) is 5.76. The second-order valence-electron chi connectivity index (χ2n) is 8.44. The van der Waals surface area contributed by atoms with Gasteiger partial charge in [0.25, 0.3) is 0 Å². The topological polar surface area (TPSA) is 76.1 Å². The molecule has 2 aliphatic heterocycles. The van der Waals surface area contributed by atoms with Crippen LogP contribution in [0.3, 0.4) is 0 Å². The second-order valence-corrected chi connectivity index (χ2v) is 8.82. The highest BCUT2D eigenvalue weighted by atomic mass is 35.5. The minimum atomic E-state index is -0.514. The molecular weight excluding hydrogens is 448 g/mol. The average molecular weight is 472 g/mol. The van der Waals surface area contributed by atoms with Crippen LogP contribution in [-0.2, 0) is 6.42 Å². The van der Waals surface area contributed by atoms with Crippen LogP contribution in [0.2, 0.25) is 5.15 Å². The van der Waals surface area contributed by atoms with E-state index in [-0.39, 0.29) is 17.1 Å². The Hall–Kier alpha value is -3.04. The number of aromatic nitrogens is 4. The van der Waals surface area contributed by atoms with Gasteiger partial charge in [-0.25, -0.2) is 18.4 Å². The van der Waals surface area contributed by atoms with Crippen LogP contribution in [0.25, 0.3) is 11.9 Å². The molecule has 3 aromatic rings. The number of nitrogens with two attached hydrogens (primary N) is 1. The van der Waals surface area contributed by atoms with E-state index in [0.29, 0.717) is 23.5 Å². The minimum Gasteiger partial charge on any atom is -0.368 e. The second kappa shape index (κ2) is 8.72. The maximum absolute atomic E-state index is 14.2. The molecule has 2 aliphatic rings. The third kappa shape index (κ3) is 4.30. The molecule has 5 rings (SSSR count). The largest absolute Gasteiger partial charge is 0.368 e. The molecule has 7 nitrogen and oxygen atoms in total. The molecule has 1 saturated heterocycles. The lowest BCUT2D eigenvalue weighted by Crippen LogP contribution is -2.55. The van der Waals surface area contributed by atoms with Gasteiger partial charge in [-0.15, -0.1) is 0 Å². The number of nitrogens with zero attached hydrogens (tertiary/aromatic N) is 6. The van der Waals surface area contributed by atoms with Gasteiger partial charge < -0.3 is 10.6 Å². The van der Waals surface area contributed by atoms with E-state index in [4.69, 9.17) is 17.3 Å². The van der Waals surface area contributed by atoms with Gasteiger partial charge in [-0.1, -0.05) is 23.8 Å². The van der Waals surface area contributed by atoms with Crippen molar-refractivity contribution in [2.24, 2.45) is 0 Å². The number of halogens is 3. The first-order valence-electron chi connectivity index (χ1n) is 10.9. The van der Waals surface area contributed by atoms with Gasteiger partial charge >= 0.3 is 0 Å². The highest BCUT2D eigenvalue weighted by Crippen LogP contribution is 2.35. The first-order chi connectivity index (χ1) is 15.9. The Balaban J connectivity index is 1.24. The molecule has 0 bridgehead atoms. The highest BCUT2D eigenvalue weighted by molar-refractivity contribution is 6.29. The standard InChI is InChI=1S/C23H24ClF2N7/c1-14-15(12-28-33(14)22-11-21(24)29-23(27)30-22)3-2-6-31-7-8-32-17(13-31)4-5-18-19(26)9-16(25)10-20(18)32/h2-3,9-12,17H,4-8,13H2,1H3,(H2,27,29,30)/b3-2+. The molecule has 172 valence electrons. The van der Waals surface area contributed by atoms with Crippen molar-refractivity contribution in [1.82, 2.24) is 24.6 Å². The zero-order valence-corrected chi connectivity index (χ0v) is 18.9. The number of anilines is 2. The molecule has 4 heterocycles. The summed E-state index contributed by atoms with van der Waals surface area (Å²) in [5, 5.41) is 4.67. The maximum atomic E-state index is 14.2. The van der Waals surface area contributed by atoms with Crippen LogP contribution < -0.4 is 10.6 Å². The van der Waals surface area contributed by atoms with E-state index in [1.165, 1.54) is 6.07 Å². The van der Waals surface area contributed by atoms with Crippen LogP contribution in [0, 0.1) is 18.6 Å². The Morgan fingerprint density at radius 1 is 1.21 bits per heavy atom. The van der Waals surface area contributed by atoms with E-state index < -0.39 is 11.6 Å². The third-order valence-electron chi connectivity index (χ3n) is 6.36. The first kappa shape index (κ1) is 21.8. The molecule has 1 unspecified atom stereocenters.